The summed E-state index contributed by atoms with van der Waals surface area (Å²) in [6, 6.07) is 0. The number of unbranched alkanes of at least 4 members (excludes halogenated alkanes) is 19. The third kappa shape index (κ3) is 50.7. The monoisotopic (exact) mass is 899 g/mol. The molecule has 0 aromatic heterocycles. The summed E-state index contributed by atoms with van der Waals surface area (Å²) in [7, 11) is 0. The van der Waals surface area contributed by atoms with Gasteiger partial charge < -0.3 is 14.2 Å². The lowest BCUT2D eigenvalue weighted by Gasteiger charge is -2.18. The number of carbonyl (C=O) groups is 3. The number of hydrogen-bond donors (Lipinski definition) is 0. The van der Waals surface area contributed by atoms with Crippen molar-refractivity contribution in [3.8, 4) is 0 Å². The molecule has 0 aromatic rings. The van der Waals surface area contributed by atoms with Gasteiger partial charge in [-0.1, -0.05) is 226 Å². The molecule has 366 valence electrons. The van der Waals surface area contributed by atoms with Gasteiger partial charge in [-0.2, -0.15) is 0 Å². The fourth-order valence-electron chi connectivity index (χ4n) is 6.76. The van der Waals surface area contributed by atoms with Gasteiger partial charge in [0.1, 0.15) is 13.2 Å². The predicted molar refractivity (Wildman–Crippen MR) is 279 cm³/mol. The molecule has 0 radical (unpaired) electrons. The average Bonchev–Trinajstić information content (AvgIpc) is 3.30. The minimum Gasteiger partial charge on any atom is -0.462 e. The lowest BCUT2D eigenvalue weighted by atomic mass is 10.1. The highest BCUT2D eigenvalue weighted by Crippen LogP contribution is 2.14. The molecule has 0 aromatic carbocycles. The maximum Gasteiger partial charge on any atom is 0.306 e. The molecule has 0 N–H and O–H groups in total. The van der Waals surface area contributed by atoms with E-state index in [0.717, 1.165) is 116 Å². The van der Waals surface area contributed by atoms with Gasteiger partial charge in [0, 0.05) is 19.3 Å². The van der Waals surface area contributed by atoms with E-state index in [9.17, 15) is 14.4 Å². The van der Waals surface area contributed by atoms with Crippen molar-refractivity contribution in [2.45, 2.75) is 219 Å². The molecule has 0 spiro atoms. The number of esters is 3. The highest BCUT2D eigenvalue weighted by atomic mass is 16.6. The first-order valence-corrected chi connectivity index (χ1v) is 26.1. The van der Waals surface area contributed by atoms with Crippen LogP contribution < -0.4 is 0 Å². The Bertz CT molecular complexity index is 1400. The zero-order chi connectivity index (χ0) is 47.2. The van der Waals surface area contributed by atoms with Crippen LogP contribution >= 0.6 is 0 Å². The van der Waals surface area contributed by atoms with Crippen LogP contribution in [0.1, 0.15) is 213 Å². The Hall–Kier alpha value is -4.19. The predicted octanol–water partition coefficient (Wildman–Crippen LogP) is 17.3. The molecule has 0 amide bonds. The molecule has 0 bridgehead atoms. The lowest BCUT2D eigenvalue weighted by molar-refractivity contribution is -0.167. The minimum atomic E-state index is -0.806. The van der Waals surface area contributed by atoms with Gasteiger partial charge in [-0.05, 0) is 89.9 Å². The maximum atomic E-state index is 12.8. The summed E-state index contributed by atoms with van der Waals surface area (Å²) >= 11 is 0. The molecule has 0 saturated carbocycles. The number of allylic oxidation sites excluding steroid dienone is 20. The normalized spacial score (nSPS) is 13.1. The van der Waals surface area contributed by atoms with Crippen LogP contribution in [0.25, 0.3) is 0 Å². The van der Waals surface area contributed by atoms with Crippen molar-refractivity contribution in [3.05, 3.63) is 122 Å². The van der Waals surface area contributed by atoms with E-state index in [1.165, 1.54) is 57.8 Å². The highest BCUT2D eigenvalue weighted by molar-refractivity contribution is 5.71. The van der Waals surface area contributed by atoms with Crippen molar-refractivity contribution in [3.63, 3.8) is 0 Å². The molecule has 0 rings (SSSR count). The number of ether oxygens (including phenoxy) is 3. The molecule has 0 fully saturated rings. The zero-order valence-electron chi connectivity index (χ0n) is 41.7. The summed E-state index contributed by atoms with van der Waals surface area (Å²) in [4.78, 5) is 38.0. The first kappa shape index (κ1) is 60.8. The Balaban J connectivity index is 4.45. The van der Waals surface area contributed by atoms with Crippen LogP contribution in [-0.2, 0) is 28.6 Å². The Labute approximate surface area is 399 Å². The van der Waals surface area contributed by atoms with Gasteiger partial charge in [-0.15, -0.1) is 0 Å². The van der Waals surface area contributed by atoms with E-state index < -0.39 is 6.10 Å². The number of carbonyl (C=O) groups excluding carboxylic acids is 3. The summed E-state index contributed by atoms with van der Waals surface area (Å²) in [5, 5.41) is 0. The molecule has 0 saturated heterocycles. The van der Waals surface area contributed by atoms with Crippen molar-refractivity contribution in [1.29, 1.82) is 0 Å². The Morgan fingerprint density at radius 3 is 1.06 bits per heavy atom. The van der Waals surface area contributed by atoms with Gasteiger partial charge in [0.25, 0.3) is 0 Å². The molecule has 65 heavy (non-hydrogen) atoms. The van der Waals surface area contributed by atoms with Gasteiger partial charge in [-0.25, -0.2) is 0 Å². The van der Waals surface area contributed by atoms with Gasteiger partial charge in [0.15, 0.2) is 6.10 Å². The number of hydrogen-bond acceptors (Lipinski definition) is 6. The third-order valence-electron chi connectivity index (χ3n) is 10.6. The Morgan fingerprint density at radius 2 is 0.631 bits per heavy atom. The molecule has 0 aliphatic heterocycles. The SMILES string of the molecule is CC\C=C/C=C\C=C/C=C\CCCCCC(=O)OCC(COC(=O)CCCCCCCCCCC/C=C\C/C=C\C/C=C\CC)OC(=O)CCCCCCCCC\C=C/C=C\C=C/CC. The largest absolute Gasteiger partial charge is 0.462 e. The van der Waals surface area contributed by atoms with Crippen molar-refractivity contribution >= 4 is 17.9 Å². The molecule has 6 heteroatoms. The van der Waals surface area contributed by atoms with Gasteiger partial charge >= 0.3 is 17.9 Å². The lowest BCUT2D eigenvalue weighted by Crippen LogP contribution is -2.30. The first-order chi connectivity index (χ1) is 32.0. The van der Waals surface area contributed by atoms with Crippen LogP contribution in [0.4, 0.5) is 0 Å². The molecule has 0 heterocycles. The average molecular weight is 899 g/mol. The second-order valence-electron chi connectivity index (χ2n) is 16.8. The summed E-state index contributed by atoms with van der Waals surface area (Å²) in [6.45, 7) is 6.20. The quantitative estimate of drug-likeness (QED) is 0.0199. The fourth-order valence-corrected chi connectivity index (χ4v) is 6.76. The van der Waals surface area contributed by atoms with Crippen molar-refractivity contribution in [1.82, 2.24) is 0 Å². The van der Waals surface area contributed by atoms with Crippen molar-refractivity contribution < 1.29 is 28.6 Å². The molecular weight excluding hydrogens is 805 g/mol. The maximum absolute atomic E-state index is 12.8. The van der Waals surface area contributed by atoms with E-state index in [-0.39, 0.29) is 31.1 Å². The van der Waals surface area contributed by atoms with Gasteiger partial charge in [0.2, 0.25) is 0 Å². The van der Waals surface area contributed by atoms with E-state index >= 15 is 0 Å². The van der Waals surface area contributed by atoms with Crippen LogP contribution in [0, 0.1) is 0 Å². The minimum absolute atomic E-state index is 0.102. The molecular formula is C59H94O6. The molecule has 1 unspecified atom stereocenters. The van der Waals surface area contributed by atoms with E-state index in [2.05, 4.69) is 106 Å². The van der Waals surface area contributed by atoms with Gasteiger partial charge in [-0.3, -0.25) is 14.4 Å². The Morgan fingerprint density at radius 1 is 0.323 bits per heavy atom. The standard InChI is InChI=1S/C59H94O6/c1-4-7-10-13-16-19-22-25-27-28-29-30-32-34-37-40-43-46-49-52-58(61)64-55-56(54-63-57(60)51-48-45-42-39-36-33-24-21-18-15-12-9-6-3)65-59(62)53-50-47-44-41-38-35-31-26-23-20-17-14-11-8-5-2/h7-12,14-21,23-25,27,33,36,56H,4-6,13,22,26,28-32,34-35,37-55H2,1-3H3/b10-7-,11-8-,12-9-,17-14-,18-15-,19-16-,23-20-,24-21-,27-25-,36-33-. The topological polar surface area (TPSA) is 78.9 Å². The Kier molecular flexibility index (Phi) is 49.1. The first-order valence-electron chi connectivity index (χ1n) is 26.1. The van der Waals surface area contributed by atoms with E-state index in [0.29, 0.717) is 19.3 Å². The summed E-state index contributed by atoms with van der Waals surface area (Å²) in [5.41, 5.74) is 0. The number of rotatable bonds is 45. The van der Waals surface area contributed by atoms with E-state index in [4.69, 9.17) is 14.2 Å². The van der Waals surface area contributed by atoms with E-state index in [1.54, 1.807) is 0 Å². The molecule has 0 aliphatic rings. The second-order valence-corrected chi connectivity index (χ2v) is 16.8. The van der Waals surface area contributed by atoms with Crippen LogP contribution in [0.3, 0.4) is 0 Å². The van der Waals surface area contributed by atoms with Gasteiger partial charge in [0.05, 0.1) is 0 Å². The zero-order valence-corrected chi connectivity index (χ0v) is 41.7. The van der Waals surface area contributed by atoms with E-state index in [1.807, 2.05) is 36.5 Å². The molecule has 1 atom stereocenters. The summed E-state index contributed by atoms with van der Waals surface area (Å²) < 4.78 is 16.8. The van der Waals surface area contributed by atoms with Crippen molar-refractivity contribution in [2.75, 3.05) is 13.2 Å². The van der Waals surface area contributed by atoms with Crippen molar-refractivity contribution in [2.24, 2.45) is 0 Å². The second kappa shape index (κ2) is 52.4. The molecule has 6 nitrogen and oxygen atoms in total. The highest BCUT2D eigenvalue weighted by Gasteiger charge is 2.19. The molecule has 0 aliphatic carbocycles. The third-order valence-corrected chi connectivity index (χ3v) is 10.6. The smallest absolute Gasteiger partial charge is 0.306 e. The fraction of sp³-hybridized carbons (Fsp3) is 0.610. The van der Waals surface area contributed by atoms with Crippen LogP contribution in [0.2, 0.25) is 0 Å². The summed E-state index contributed by atoms with van der Waals surface area (Å²) in [5.74, 6) is -0.967. The van der Waals surface area contributed by atoms with Crippen LogP contribution in [0.5, 0.6) is 0 Å². The summed E-state index contributed by atoms with van der Waals surface area (Å²) in [6.07, 6.45) is 71.8. The van der Waals surface area contributed by atoms with Crippen LogP contribution in [-0.4, -0.2) is 37.2 Å². The van der Waals surface area contributed by atoms with Crippen LogP contribution in [0.15, 0.2) is 122 Å².